The van der Waals surface area contributed by atoms with Crippen LogP contribution in [0.1, 0.15) is 6.92 Å². The van der Waals surface area contributed by atoms with Gasteiger partial charge >= 0.3 is 5.97 Å². The van der Waals surface area contributed by atoms with Crippen LogP contribution in [0.5, 0.6) is 0 Å². The van der Waals surface area contributed by atoms with Gasteiger partial charge in [-0.1, -0.05) is 0 Å². The molecule has 0 aromatic heterocycles. The molecule has 0 bridgehead atoms. The van der Waals surface area contributed by atoms with Crippen molar-refractivity contribution in [2.75, 3.05) is 6.61 Å². The van der Waals surface area contributed by atoms with E-state index >= 15 is 0 Å². The second-order valence-corrected chi connectivity index (χ2v) is 2.65. The van der Waals surface area contributed by atoms with Crippen LogP contribution in [0.15, 0.2) is 0 Å². The maximum atomic E-state index is 13.0. The van der Waals surface area contributed by atoms with Crippen LogP contribution in [0.25, 0.3) is 0 Å². The fourth-order valence-corrected chi connectivity index (χ4v) is 0.924. The van der Waals surface area contributed by atoms with Crippen LogP contribution < -0.4 is 0 Å². The zero-order valence-electron chi connectivity index (χ0n) is 5.95. The van der Waals surface area contributed by atoms with E-state index in [4.69, 9.17) is 10.2 Å². The van der Waals surface area contributed by atoms with Crippen molar-refractivity contribution in [1.82, 2.24) is 0 Å². The van der Waals surface area contributed by atoms with E-state index < -0.39 is 30.5 Å². The first kappa shape index (κ1) is 8.42. The third-order valence-corrected chi connectivity index (χ3v) is 1.75. The molecule has 0 amide bonds. The Morgan fingerprint density at radius 2 is 2.36 bits per heavy atom. The Kier molecular flexibility index (Phi) is 1.85. The lowest BCUT2D eigenvalue weighted by molar-refractivity contribution is -0.150. The van der Waals surface area contributed by atoms with Gasteiger partial charge in [0.25, 0.3) is 0 Å². The Morgan fingerprint density at radius 3 is 2.55 bits per heavy atom. The molecule has 2 N–H and O–H groups in total. The van der Waals surface area contributed by atoms with Gasteiger partial charge < -0.3 is 14.9 Å². The Morgan fingerprint density at radius 1 is 1.82 bits per heavy atom. The summed E-state index contributed by atoms with van der Waals surface area (Å²) in [6, 6.07) is 0. The summed E-state index contributed by atoms with van der Waals surface area (Å²) in [5.74, 6) is -1.12. The molecule has 0 unspecified atom stereocenters. The first-order chi connectivity index (χ1) is 5.00. The number of carbonyl (C=O) groups excluding carboxylic acids is 1. The highest BCUT2D eigenvalue weighted by molar-refractivity contribution is 5.82. The smallest absolute Gasteiger partial charge is 0.346 e. The van der Waals surface area contributed by atoms with Crippen LogP contribution in [-0.2, 0) is 9.53 Å². The maximum Gasteiger partial charge on any atom is 0.346 e. The highest BCUT2D eigenvalue weighted by Crippen LogP contribution is 2.29. The maximum absolute atomic E-state index is 13.0. The number of cyclic esters (lactones) is 1. The summed E-state index contributed by atoms with van der Waals surface area (Å²) in [5.41, 5.74) is -2.38. The number of esters is 1. The van der Waals surface area contributed by atoms with Gasteiger partial charge in [-0.2, -0.15) is 0 Å². The molecule has 1 fully saturated rings. The van der Waals surface area contributed by atoms with E-state index in [1.165, 1.54) is 0 Å². The zero-order valence-corrected chi connectivity index (χ0v) is 5.95. The van der Waals surface area contributed by atoms with E-state index in [9.17, 15) is 9.18 Å². The minimum atomic E-state index is -2.38. The van der Waals surface area contributed by atoms with Gasteiger partial charge in [0.1, 0.15) is 6.10 Å². The van der Waals surface area contributed by atoms with Gasteiger partial charge in [-0.3, -0.25) is 0 Å². The normalized spacial score (nSPS) is 44.2. The number of halogens is 1. The average molecular weight is 164 g/mol. The molecule has 0 aromatic rings. The van der Waals surface area contributed by atoms with Crippen molar-refractivity contribution in [3.8, 4) is 0 Å². The van der Waals surface area contributed by atoms with Crippen molar-refractivity contribution in [3.63, 3.8) is 0 Å². The number of carbonyl (C=O) groups is 1. The number of ether oxygens (including phenoxy) is 1. The second kappa shape index (κ2) is 2.42. The lowest BCUT2D eigenvalue weighted by Crippen LogP contribution is -2.40. The van der Waals surface area contributed by atoms with Gasteiger partial charge in [0.2, 0.25) is 5.67 Å². The highest BCUT2D eigenvalue weighted by atomic mass is 19.1. The van der Waals surface area contributed by atoms with Gasteiger partial charge in [0, 0.05) is 0 Å². The van der Waals surface area contributed by atoms with E-state index in [0.717, 1.165) is 6.92 Å². The fourth-order valence-electron chi connectivity index (χ4n) is 0.924. The van der Waals surface area contributed by atoms with Crippen molar-refractivity contribution in [2.45, 2.75) is 24.8 Å². The van der Waals surface area contributed by atoms with Gasteiger partial charge in [-0.25, -0.2) is 9.18 Å². The number of aliphatic hydroxyl groups excluding tert-OH is 2. The van der Waals surface area contributed by atoms with Gasteiger partial charge in [-0.15, -0.1) is 0 Å². The van der Waals surface area contributed by atoms with Crippen LogP contribution >= 0.6 is 0 Å². The molecule has 1 heterocycles. The quantitative estimate of drug-likeness (QED) is 0.487. The molecular weight excluding hydrogens is 155 g/mol. The summed E-state index contributed by atoms with van der Waals surface area (Å²) in [5, 5.41) is 17.5. The predicted molar refractivity (Wildman–Crippen MR) is 32.5 cm³/mol. The molecule has 3 atom stereocenters. The van der Waals surface area contributed by atoms with Crippen LogP contribution in [0, 0.1) is 0 Å². The van der Waals surface area contributed by atoms with Crippen LogP contribution in [0.4, 0.5) is 4.39 Å². The average Bonchev–Trinajstić information content (AvgIpc) is 2.14. The van der Waals surface area contributed by atoms with E-state index in [1.807, 2.05) is 0 Å². The summed E-state index contributed by atoms with van der Waals surface area (Å²) < 4.78 is 17.3. The van der Waals surface area contributed by atoms with Crippen LogP contribution in [0.2, 0.25) is 0 Å². The van der Waals surface area contributed by atoms with Gasteiger partial charge in [-0.05, 0) is 6.92 Å². The molecule has 1 aliphatic heterocycles. The molecular formula is C6H9FO4. The highest BCUT2D eigenvalue weighted by Gasteiger charge is 2.54. The monoisotopic (exact) mass is 164 g/mol. The number of hydrogen-bond donors (Lipinski definition) is 2. The van der Waals surface area contributed by atoms with Crippen molar-refractivity contribution in [1.29, 1.82) is 0 Å². The van der Waals surface area contributed by atoms with Gasteiger partial charge in [0.05, 0.1) is 6.61 Å². The molecule has 1 rings (SSSR count). The van der Waals surface area contributed by atoms with E-state index in [-0.39, 0.29) is 0 Å². The molecule has 1 aliphatic rings. The summed E-state index contributed by atoms with van der Waals surface area (Å²) in [6.07, 6.45) is -2.70. The van der Waals surface area contributed by atoms with E-state index in [1.54, 1.807) is 0 Å². The Labute approximate surface area is 62.6 Å². The Hall–Kier alpha value is -0.680. The topological polar surface area (TPSA) is 66.8 Å². The SMILES string of the molecule is C[C@@]1(F)C(=O)O[C@H](CO)[C@H]1O. The minimum Gasteiger partial charge on any atom is -0.455 e. The van der Waals surface area contributed by atoms with Crippen molar-refractivity contribution in [2.24, 2.45) is 0 Å². The third-order valence-electron chi connectivity index (χ3n) is 1.75. The molecule has 0 spiro atoms. The molecule has 0 aromatic carbocycles. The molecule has 5 heteroatoms. The summed E-state index contributed by atoms with van der Waals surface area (Å²) in [7, 11) is 0. The molecule has 4 nitrogen and oxygen atoms in total. The van der Waals surface area contributed by atoms with E-state index in [2.05, 4.69) is 4.74 Å². The third kappa shape index (κ3) is 1.10. The molecule has 0 saturated carbocycles. The minimum absolute atomic E-state index is 0.563. The number of aliphatic hydroxyl groups is 2. The Bertz CT molecular complexity index is 179. The van der Waals surface area contributed by atoms with Crippen molar-refractivity contribution < 1.29 is 24.1 Å². The summed E-state index contributed by atoms with van der Waals surface area (Å²) in [6.45, 7) is 0.363. The van der Waals surface area contributed by atoms with Crippen LogP contribution in [-0.4, -0.2) is 40.7 Å². The Balaban J connectivity index is 2.80. The summed E-state index contributed by atoms with van der Waals surface area (Å²) in [4.78, 5) is 10.6. The lowest BCUT2D eigenvalue weighted by Gasteiger charge is -2.14. The number of rotatable bonds is 1. The standard InChI is InChI=1S/C6H9FO4/c1-6(7)4(9)3(2-8)11-5(6)10/h3-4,8-9H,2H2,1H3/t3-,4-,6+/m1/s1. The predicted octanol–water partition coefficient (Wildman–Crippen LogP) is -1.01. The first-order valence-corrected chi connectivity index (χ1v) is 3.19. The molecule has 0 radical (unpaired) electrons. The summed E-state index contributed by atoms with van der Waals surface area (Å²) >= 11 is 0. The molecule has 11 heavy (non-hydrogen) atoms. The van der Waals surface area contributed by atoms with Gasteiger partial charge in [0.15, 0.2) is 6.10 Å². The zero-order chi connectivity index (χ0) is 8.65. The molecule has 64 valence electrons. The molecule has 0 aliphatic carbocycles. The first-order valence-electron chi connectivity index (χ1n) is 3.19. The molecule has 1 saturated heterocycles. The van der Waals surface area contributed by atoms with Crippen LogP contribution in [0.3, 0.4) is 0 Å². The van der Waals surface area contributed by atoms with Crippen molar-refractivity contribution >= 4 is 5.97 Å². The van der Waals surface area contributed by atoms with E-state index in [0.29, 0.717) is 0 Å². The largest absolute Gasteiger partial charge is 0.455 e. The van der Waals surface area contributed by atoms with Crippen molar-refractivity contribution in [3.05, 3.63) is 0 Å². The number of hydrogen-bond acceptors (Lipinski definition) is 4. The lowest BCUT2D eigenvalue weighted by atomic mass is 10.0. The second-order valence-electron chi connectivity index (χ2n) is 2.65. The fraction of sp³-hybridized carbons (Fsp3) is 0.833. The number of alkyl halides is 1.